The second-order valence-corrected chi connectivity index (χ2v) is 8.01. The van der Waals surface area contributed by atoms with Crippen molar-refractivity contribution in [2.75, 3.05) is 36.6 Å². The molecule has 0 aliphatic carbocycles. The van der Waals surface area contributed by atoms with Crippen LogP contribution in [0.3, 0.4) is 0 Å². The highest BCUT2D eigenvalue weighted by Gasteiger charge is 2.16. The number of anilines is 2. The molecule has 0 fully saturated rings. The monoisotopic (exact) mass is 482 g/mol. The third-order valence-corrected chi connectivity index (χ3v) is 5.62. The number of thioether (sulfide) groups is 1. The Morgan fingerprint density at radius 1 is 1.06 bits per heavy atom. The molecule has 1 aromatic carbocycles. The molecule has 13 heteroatoms. The molecule has 0 saturated carbocycles. The van der Waals surface area contributed by atoms with Crippen molar-refractivity contribution in [3.63, 3.8) is 0 Å². The van der Waals surface area contributed by atoms with Crippen LogP contribution in [0, 0.1) is 0 Å². The number of aromatic nitrogens is 7. The number of carbonyl (C=O) groups is 1. The average molecular weight is 483 g/mol. The summed E-state index contributed by atoms with van der Waals surface area (Å²) in [6.07, 6.45) is 1.85. The Balaban J connectivity index is 1.35. The zero-order chi connectivity index (χ0) is 23.9. The summed E-state index contributed by atoms with van der Waals surface area (Å²) in [5, 5.41) is 22.5. The maximum Gasteiger partial charge on any atom is 0.261 e. The number of amides is 1. The fourth-order valence-corrected chi connectivity index (χ4v) is 3.86. The normalized spacial score (nSPS) is 10.9. The summed E-state index contributed by atoms with van der Waals surface area (Å²) in [6.45, 7) is 5.62. The maximum atomic E-state index is 12.5. The molecule has 0 unspecified atom stereocenters. The molecule has 3 heterocycles. The van der Waals surface area contributed by atoms with Gasteiger partial charge in [0.25, 0.3) is 5.78 Å². The molecule has 34 heavy (non-hydrogen) atoms. The molecule has 0 atom stereocenters. The second-order valence-electron chi connectivity index (χ2n) is 7.06. The van der Waals surface area contributed by atoms with Crippen molar-refractivity contribution in [1.82, 2.24) is 39.7 Å². The first-order valence-electron chi connectivity index (χ1n) is 10.8. The Hall–Kier alpha value is -3.87. The van der Waals surface area contributed by atoms with Crippen LogP contribution in [0.2, 0.25) is 0 Å². The average Bonchev–Trinajstić information content (AvgIpc) is 3.49. The van der Waals surface area contributed by atoms with Crippen LogP contribution in [0.5, 0.6) is 5.75 Å². The predicted molar refractivity (Wildman–Crippen MR) is 130 cm³/mol. The smallest absolute Gasteiger partial charge is 0.261 e. The molecule has 1 amide bonds. The van der Waals surface area contributed by atoms with Crippen molar-refractivity contribution in [3.8, 4) is 11.4 Å². The summed E-state index contributed by atoms with van der Waals surface area (Å²) in [5.41, 5.74) is 1.66. The molecule has 4 aromatic rings. The number of methoxy groups -OCH3 is 1. The molecule has 3 aromatic heterocycles. The van der Waals surface area contributed by atoms with Gasteiger partial charge in [-0.1, -0.05) is 11.8 Å². The number of hydrogen-bond acceptors (Lipinski definition) is 10. The van der Waals surface area contributed by atoms with E-state index in [1.165, 1.54) is 11.8 Å². The number of hydrogen-bond donors (Lipinski definition) is 3. The minimum atomic E-state index is -0.143. The number of ether oxygens (including phenoxy) is 1. The van der Waals surface area contributed by atoms with E-state index in [1.807, 2.05) is 50.4 Å². The summed E-state index contributed by atoms with van der Waals surface area (Å²) in [5.74, 6) is 2.26. The Morgan fingerprint density at radius 3 is 2.59 bits per heavy atom. The van der Waals surface area contributed by atoms with Gasteiger partial charge in [-0.05, 0) is 44.2 Å². The molecule has 0 spiro atoms. The van der Waals surface area contributed by atoms with E-state index in [4.69, 9.17) is 4.74 Å². The van der Waals surface area contributed by atoms with Crippen molar-refractivity contribution in [3.05, 3.63) is 42.2 Å². The molecule has 0 aliphatic rings. The van der Waals surface area contributed by atoms with Crippen LogP contribution < -0.4 is 20.7 Å². The van der Waals surface area contributed by atoms with Gasteiger partial charge in [0, 0.05) is 19.3 Å². The molecule has 0 aliphatic heterocycles. The van der Waals surface area contributed by atoms with Gasteiger partial charge in [0.05, 0.1) is 30.8 Å². The lowest BCUT2D eigenvalue weighted by molar-refractivity contribution is -0.118. The Bertz CT molecular complexity index is 1250. The van der Waals surface area contributed by atoms with E-state index in [0.717, 1.165) is 17.1 Å². The van der Waals surface area contributed by atoms with E-state index in [1.54, 1.807) is 16.2 Å². The highest BCUT2D eigenvalue weighted by atomic mass is 32.2. The molecule has 0 saturated heterocycles. The highest BCUT2D eigenvalue weighted by Crippen LogP contribution is 2.21. The van der Waals surface area contributed by atoms with Gasteiger partial charge in [-0.25, -0.2) is 9.08 Å². The SMILES string of the molecule is CCNc1nc(NCC)n2c(SCC(=O)NCc3ccn(-c4ccc(OC)cc4)n3)nnc2n1. The van der Waals surface area contributed by atoms with E-state index >= 15 is 0 Å². The molecule has 0 bridgehead atoms. The first-order valence-corrected chi connectivity index (χ1v) is 11.8. The van der Waals surface area contributed by atoms with Crippen LogP contribution in [0.25, 0.3) is 11.5 Å². The van der Waals surface area contributed by atoms with Crippen molar-refractivity contribution in [2.45, 2.75) is 25.5 Å². The highest BCUT2D eigenvalue weighted by molar-refractivity contribution is 7.99. The van der Waals surface area contributed by atoms with E-state index in [2.05, 4.69) is 41.2 Å². The van der Waals surface area contributed by atoms with Crippen molar-refractivity contribution >= 4 is 35.3 Å². The summed E-state index contributed by atoms with van der Waals surface area (Å²) in [7, 11) is 1.63. The van der Waals surface area contributed by atoms with Crippen LogP contribution in [0.15, 0.2) is 41.7 Å². The van der Waals surface area contributed by atoms with Gasteiger partial charge in [0.2, 0.25) is 17.8 Å². The Labute approximate surface area is 200 Å². The van der Waals surface area contributed by atoms with Crippen molar-refractivity contribution in [1.29, 1.82) is 0 Å². The van der Waals surface area contributed by atoms with Crippen LogP contribution in [-0.4, -0.2) is 66.2 Å². The molecule has 178 valence electrons. The Kier molecular flexibility index (Phi) is 7.42. The number of fused-ring (bicyclic) bond motifs is 1. The van der Waals surface area contributed by atoms with Crippen LogP contribution in [0.1, 0.15) is 19.5 Å². The first kappa shape index (κ1) is 23.3. The van der Waals surface area contributed by atoms with Gasteiger partial charge < -0.3 is 20.7 Å². The Morgan fingerprint density at radius 2 is 1.85 bits per heavy atom. The summed E-state index contributed by atoms with van der Waals surface area (Å²) in [4.78, 5) is 21.3. The van der Waals surface area contributed by atoms with Crippen LogP contribution in [0.4, 0.5) is 11.9 Å². The number of rotatable bonds is 11. The fraction of sp³-hybridized carbons (Fsp3) is 0.333. The van der Waals surface area contributed by atoms with E-state index < -0.39 is 0 Å². The third-order valence-electron chi connectivity index (χ3n) is 4.70. The number of nitrogens with one attached hydrogen (secondary N) is 3. The second kappa shape index (κ2) is 10.8. The van der Waals surface area contributed by atoms with Gasteiger partial charge in [0.1, 0.15) is 5.75 Å². The first-order chi connectivity index (χ1) is 16.6. The lowest BCUT2D eigenvalue weighted by Crippen LogP contribution is -2.25. The molecule has 4 rings (SSSR count). The van der Waals surface area contributed by atoms with Gasteiger partial charge in [0.15, 0.2) is 5.16 Å². The lowest BCUT2D eigenvalue weighted by atomic mass is 10.3. The molecular formula is C21H26N10O2S. The van der Waals surface area contributed by atoms with Crippen molar-refractivity contribution in [2.24, 2.45) is 0 Å². The lowest BCUT2D eigenvalue weighted by Gasteiger charge is -2.09. The van der Waals surface area contributed by atoms with Gasteiger partial charge in [-0.2, -0.15) is 15.1 Å². The van der Waals surface area contributed by atoms with Crippen LogP contribution in [-0.2, 0) is 11.3 Å². The fourth-order valence-electron chi connectivity index (χ4n) is 3.10. The third kappa shape index (κ3) is 5.36. The van der Waals surface area contributed by atoms with Gasteiger partial charge in [-0.3, -0.25) is 4.79 Å². The molecule has 0 radical (unpaired) electrons. The quantitative estimate of drug-likeness (QED) is 0.272. The number of carbonyl (C=O) groups excluding carboxylic acids is 1. The standard InChI is InChI=1S/C21H26N10O2S/c1-4-22-18-25-19(23-5-2)31-20(26-18)27-28-21(31)34-13-17(32)24-12-14-10-11-30(29-14)15-6-8-16(33-3)9-7-15/h6-11H,4-5,12-13H2,1-3H3,(H,24,32)(H2,22,23,25,26,27). The number of benzene rings is 1. The molecule has 3 N–H and O–H groups in total. The van der Waals surface area contributed by atoms with Gasteiger partial charge >= 0.3 is 0 Å². The minimum absolute atomic E-state index is 0.143. The van der Waals surface area contributed by atoms with Crippen molar-refractivity contribution < 1.29 is 9.53 Å². The maximum absolute atomic E-state index is 12.5. The van der Waals surface area contributed by atoms with E-state index in [-0.39, 0.29) is 11.7 Å². The summed E-state index contributed by atoms with van der Waals surface area (Å²) < 4.78 is 8.64. The molecule has 12 nitrogen and oxygen atoms in total. The zero-order valence-electron chi connectivity index (χ0n) is 19.1. The number of nitrogens with zero attached hydrogens (tertiary/aromatic N) is 7. The predicted octanol–water partition coefficient (Wildman–Crippen LogP) is 1.99. The topological polar surface area (TPSA) is 136 Å². The minimum Gasteiger partial charge on any atom is -0.497 e. The zero-order valence-corrected chi connectivity index (χ0v) is 20.0. The summed E-state index contributed by atoms with van der Waals surface area (Å²) in [6, 6.07) is 9.45. The van der Waals surface area contributed by atoms with E-state index in [0.29, 0.717) is 42.5 Å². The van der Waals surface area contributed by atoms with Crippen LogP contribution >= 0.6 is 11.8 Å². The van der Waals surface area contributed by atoms with Gasteiger partial charge in [-0.15, -0.1) is 10.2 Å². The molecular weight excluding hydrogens is 456 g/mol. The van der Waals surface area contributed by atoms with E-state index in [9.17, 15) is 4.79 Å². The largest absolute Gasteiger partial charge is 0.497 e. The summed E-state index contributed by atoms with van der Waals surface area (Å²) >= 11 is 1.26.